The van der Waals surface area contributed by atoms with Crippen LogP contribution in [0, 0.1) is 0 Å². The summed E-state index contributed by atoms with van der Waals surface area (Å²) in [5.74, 6) is 0. The fourth-order valence-corrected chi connectivity index (χ4v) is 2.13. The summed E-state index contributed by atoms with van der Waals surface area (Å²) in [6.45, 7) is 0. The number of pyridine rings is 1. The monoisotopic (exact) mass is 252 g/mol. The molecule has 0 bridgehead atoms. The Hall–Kier alpha value is -1.03. The molecule has 0 atom stereocenters. The molecule has 7 nitrogen and oxygen atoms in total. The minimum absolute atomic E-state index is 0.532. The first-order valence-electron chi connectivity index (χ1n) is 3.53. The van der Waals surface area contributed by atoms with E-state index >= 15 is 0 Å². The van der Waals surface area contributed by atoms with Crippen LogP contribution in [0.3, 0.4) is 0 Å². The minimum atomic E-state index is -4.78. The smallest absolute Gasteiger partial charge is 0.186 e. The normalized spacial score (nSPS) is 12.7. The fourth-order valence-electron chi connectivity index (χ4n) is 0.927. The van der Waals surface area contributed by atoms with E-state index in [1.807, 2.05) is 0 Å². The van der Waals surface area contributed by atoms with Crippen LogP contribution in [0.1, 0.15) is 0 Å². The largest absolute Gasteiger partial charge is 0.744 e. The first-order valence-corrected chi connectivity index (χ1v) is 6.34. The van der Waals surface area contributed by atoms with Gasteiger partial charge in [0.1, 0.15) is 37.1 Å². The molecule has 0 aliphatic carbocycles. The third-order valence-corrected chi connectivity index (χ3v) is 3.12. The molecule has 0 radical (unpaired) electrons. The lowest BCUT2D eigenvalue weighted by Gasteiger charge is -2.09. The molecule has 1 heterocycles. The van der Waals surface area contributed by atoms with Gasteiger partial charge in [-0.3, -0.25) is 0 Å². The lowest BCUT2D eigenvalue weighted by atomic mass is 10.5. The van der Waals surface area contributed by atoms with Gasteiger partial charge < -0.3 is 9.11 Å². The number of rotatable bonds is 2. The van der Waals surface area contributed by atoms with Crippen molar-refractivity contribution in [3.8, 4) is 0 Å². The Morgan fingerprint density at radius 1 is 1.00 bits per heavy atom. The van der Waals surface area contributed by atoms with Crippen molar-refractivity contribution in [3.63, 3.8) is 0 Å². The second-order valence-corrected chi connectivity index (χ2v) is 5.54. The molecule has 0 aliphatic rings. The van der Waals surface area contributed by atoms with E-state index < -0.39 is 30.0 Å². The van der Waals surface area contributed by atoms with E-state index in [0.29, 0.717) is 6.07 Å². The summed E-state index contributed by atoms with van der Waals surface area (Å²) < 4.78 is 64.6. The molecule has 0 spiro atoms. The summed E-state index contributed by atoms with van der Waals surface area (Å²) in [6.07, 6.45) is 1.83. The topological polar surface area (TPSA) is 118 Å². The van der Waals surface area contributed by atoms with Gasteiger partial charge >= 0.3 is 0 Å². The molecule has 0 saturated carbocycles. The van der Waals surface area contributed by atoms with Gasteiger partial charge in [-0.2, -0.15) is 0 Å². The first-order chi connectivity index (χ1) is 6.60. The highest BCUT2D eigenvalue weighted by atomic mass is 32.2. The van der Waals surface area contributed by atoms with Crippen molar-refractivity contribution in [2.24, 2.45) is 7.05 Å². The SMILES string of the molecule is C[n+]1cc(S(=O)(=O)[O-])cc(S(=O)(=O)[O-])c1. The van der Waals surface area contributed by atoms with Gasteiger partial charge in [0, 0.05) is 0 Å². The van der Waals surface area contributed by atoms with Crippen molar-refractivity contribution >= 4 is 20.2 Å². The summed E-state index contributed by atoms with van der Waals surface area (Å²) in [4.78, 5) is -1.52. The Kier molecular flexibility index (Phi) is 2.83. The summed E-state index contributed by atoms with van der Waals surface area (Å²) in [5.41, 5.74) is 0. The number of aryl methyl sites for hydroxylation is 1. The lowest BCUT2D eigenvalue weighted by Crippen LogP contribution is -2.29. The van der Waals surface area contributed by atoms with E-state index in [1.165, 1.54) is 7.05 Å². The zero-order valence-electron chi connectivity index (χ0n) is 7.45. The van der Waals surface area contributed by atoms with E-state index in [0.717, 1.165) is 17.0 Å². The van der Waals surface area contributed by atoms with Crippen LogP contribution in [0.5, 0.6) is 0 Å². The van der Waals surface area contributed by atoms with Crippen molar-refractivity contribution in [2.45, 2.75) is 9.79 Å². The van der Waals surface area contributed by atoms with Crippen LogP contribution in [-0.4, -0.2) is 25.9 Å². The van der Waals surface area contributed by atoms with E-state index in [2.05, 4.69) is 0 Å². The van der Waals surface area contributed by atoms with Crippen LogP contribution in [0.4, 0.5) is 0 Å². The van der Waals surface area contributed by atoms with Crippen LogP contribution < -0.4 is 4.57 Å². The quantitative estimate of drug-likeness (QED) is 0.458. The van der Waals surface area contributed by atoms with Crippen molar-refractivity contribution < 1.29 is 30.5 Å². The molecule has 84 valence electrons. The van der Waals surface area contributed by atoms with Crippen LogP contribution >= 0.6 is 0 Å². The molecule has 0 aromatic carbocycles. The second kappa shape index (κ2) is 3.52. The van der Waals surface area contributed by atoms with Crippen LogP contribution in [0.2, 0.25) is 0 Å². The van der Waals surface area contributed by atoms with Gasteiger partial charge in [0.15, 0.2) is 12.4 Å². The Labute approximate surface area is 86.5 Å². The summed E-state index contributed by atoms with van der Waals surface area (Å²) >= 11 is 0. The maximum absolute atomic E-state index is 10.6. The maximum Gasteiger partial charge on any atom is 0.186 e. The maximum atomic E-state index is 10.6. The van der Waals surface area contributed by atoms with Gasteiger partial charge in [-0.15, -0.1) is 0 Å². The molecule has 15 heavy (non-hydrogen) atoms. The zero-order valence-corrected chi connectivity index (χ0v) is 9.08. The Bertz CT molecular complexity index is 538. The summed E-state index contributed by atoms with van der Waals surface area (Å²) in [6, 6.07) is 0.532. The number of hydrogen-bond donors (Lipinski definition) is 0. The van der Waals surface area contributed by atoms with Crippen molar-refractivity contribution in [1.82, 2.24) is 0 Å². The third-order valence-electron chi connectivity index (χ3n) is 1.52. The van der Waals surface area contributed by atoms with Crippen LogP contribution in [0.25, 0.3) is 0 Å². The highest BCUT2D eigenvalue weighted by Gasteiger charge is 2.13. The number of hydrogen-bond acceptors (Lipinski definition) is 6. The first kappa shape index (κ1) is 12.0. The van der Waals surface area contributed by atoms with Gasteiger partial charge in [-0.25, -0.2) is 21.4 Å². The summed E-state index contributed by atoms with van der Waals surface area (Å²) in [5, 5.41) is 0. The Morgan fingerprint density at radius 2 is 1.33 bits per heavy atom. The molecule has 1 aromatic rings. The Balaban J connectivity index is 3.57. The molecule has 0 unspecified atom stereocenters. The van der Waals surface area contributed by atoms with Gasteiger partial charge in [0.2, 0.25) is 0 Å². The van der Waals surface area contributed by atoms with E-state index in [1.54, 1.807) is 0 Å². The standard InChI is InChI=1S/C6H7NO6S2/c1-7-3-5(14(8,9)10)2-6(4-7)15(11,12)13/h2-4H,1H3,(H-,8,9,10,11,12,13)/p-1. The minimum Gasteiger partial charge on any atom is -0.744 e. The van der Waals surface area contributed by atoms with Gasteiger partial charge in [-0.1, -0.05) is 0 Å². The number of aromatic nitrogens is 1. The molecule has 0 aliphatic heterocycles. The lowest BCUT2D eigenvalue weighted by molar-refractivity contribution is -0.675. The molecule has 0 fully saturated rings. The molecular weight excluding hydrogens is 246 g/mol. The predicted molar refractivity (Wildman–Crippen MR) is 43.5 cm³/mol. The zero-order chi connectivity index (χ0) is 11.9. The molecule has 1 rings (SSSR count). The molecular formula is C6H6NO6S2-. The van der Waals surface area contributed by atoms with E-state index in [-0.39, 0.29) is 0 Å². The molecule has 0 N–H and O–H groups in total. The van der Waals surface area contributed by atoms with Crippen molar-refractivity contribution in [2.75, 3.05) is 0 Å². The van der Waals surface area contributed by atoms with E-state index in [4.69, 9.17) is 0 Å². The molecule has 0 amide bonds. The average molecular weight is 252 g/mol. The highest BCUT2D eigenvalue weighted by Crippen LogP contribution is 2.11. The van der Waals surface area contributed by atoms with Crippen LogP contribution in [-0.2, 0) is 27.3 Å². The third kappa shape index (κ3) is 2.96. The fraction of sp³-hybridized carbons (Fsp3) is 0.167. The molecule has 9 heteroatoms. The predicted octanol–water partition coefficient (Wildman–Crippen LogP) is -1.68. The molecule has 1 aromatic heterocycles. The average Bonchev–Trinajstić information content (AvgIpc) is 1.99. The second-order valence-electron chi connectivity index (χ2n) is 2.78. The van der Waals surface area contributed by atoms with Gasteiger partial charge in [0.25, 0.3) is 0 Å². The summed E-state index contributed by atoms with van der Waals surface area (Å²) in [7, 11) is -8.27. The number of nitrogens with zero attached hydrogens (tertiary/aromatic N) is 1. The van der Waals surface area contributed by atoms with Gasteiger partial charge in [-0.05, 0) is 6.07 Å². The molecule has 0 saturated heterocycles. The highest BCUT2D eigenvalue weighted by molar-refractivity contribution is 7.86. The van der Waals surface area contributed by atoms with E-state index in [9.17, 15) is 25.9 Å². The van der Waals surface area contributed by atoms with Crippen molar-refractivity contribution in [1.29, 1.82) is 0 Å². The van der Waals surface area contributed by atoms with Crippen molar-refractivity contribution in [3.05, 3.63) is 18.5 Å². The Morgan fingerprint density at radius 3 is 1.60 bits per heavy atom. The van der Waals surface area contributed by atoms with Crippen LogP contribution in [0.15, 0.2) is 28.3 Å². The van der Waals surface area contributed by atoms with Gasteiger partial charge in [0.05, 0.1) is 0 Å².